The van der Waals surface area contributed by atoms with Crippen LogP contribution in [0.5, 0.6) is 0 Å². The second-order valence-corrected chi connectivity index (χ2v) is 12.0. The van der Waals surface area contributed by atoms with Crippen LogP contribution in [0.15, 0.2) is 23.3 Å². The van der Waals surface area contributed by atoms with Crippen LogP contribution >= 0.6 is 0 Å². The van der Waals surface area contributed by atoms with E-state index in [4.69, 9.17) is 0 Å². The van der Waals surface area contributed by atoms with Gasteiger partial charge in [-0.2, -0.15) is 0 Å². The Kier molecular flexibility index (Phi) is 5.08. The van der Waals surface area contributed by atoms with E-state index in [1.165, 1.54) is 89.9 Å². The first-order chi connectivity index (χ1) is 13.5. The molecule has 0 heteroatoms. The minimum Gasteiger partial charge on any atom is -0.0853 e. The molecule has 0 aromatic carbocycles. The van der Waals surface area contributed by atoms with E-state index in [0.29, 0.717) is 10.8 Å². The molecule has 0 aromatic heterocycles. The Bertz CT molecular complexity index is 653. The van der Waals surface area contributed by atoms with Gasteiger partial charge in [0.15, 0.2) is 0 Å². The molecule has 5 aliphatic rings. The topological polar surface area (TPSA) is 0 Å². The van der Waals surface area contributed by atoms with Crippen molar-refractivity contribution in [2.75, 3.05) is 0 Å². The molecule has 0 heterocycles. The second kappa shape index (κ2) is 7.31. The summed E-state index contributed by atoms with van der Waals surface area (Å²) in [5.41, 5.74) is 4.88. The zero-order chi connectivity index (χ0) is 19.4. The average molecular weight is 381 g/mol. The van der Waals surface area contributed by atoms with Gasteiger partial charge in [-0.15, -0.1) is 0 Å². The van der Waals surface area contributed by atoms with Crippen molar-refractivity contribution in [2.45, 2.75) is 111 Å². The predicted octanol–water partition coefficient (Wildman–Crippen LogP) is 8.48. The minimum atomic E-state index is 0.569. The van der Waals surface area contributed by atoms with E-state index >= 15 is 0 Å². The van der Waals surface area contributed by atoms with E-state index in [1.807, 2.05) is 5.57 Å². The monoisotopic (exact) mass is 380 g/mol. The van der Waals surface area contributed by atoms with Crippen LogP contribution in [-0.2, 0) is 0 Å². The maximum Gasteiger partial charge on any atom is -0.00853 e. The van der Waals surface area contributed by atoms with E-state index in [-0.39, 0.29) is 0 Å². The van der Waals surface area contributed by atoms with Gasteiger partial charge in [0.1, 0.15) is 0 Å². The number of hydrogen-bond donors (Lipinski definition) is 0. The molecule has 0 N–H and O–H groups in total. The van der Waals surface area contributed by atoms with Crippen molar-refractivity contribution in [1.82, 2.24) is 0 Å². The van der Waals surface area contributed by atoms with Crippen LogP contribution in [0, 0.1) is 40.4 Å². The molecule has 0 bridgehead atoms. The number of hydrogen-bond acceptors (Lipinski definition) is 0. The smallest absolute Gasteiger partial charge is 0.00853 e. The molecule has 156 valence electrons. The molecular formula is C28H44. The molecule has 0 radical (unpaired) electrons. The highest BCUT2D eigenvalue weighted by Gasteiger charge is 2.58. The fourth-order valence-corrected chi connectivity index (χ4v) is 9.32. The molecule has 3 saturated carbocycles. The molecule has 0 spiro atoms. The molecule has 0 aliphatic heterocycles. The van der Waals surface area contributed by atoms with Crippen LogP contribution in [0.2, 0.25) is 0 Å². The molecule has 3 fully saturated rings. The second-order valence-electron chi connectivity index (χ2n) is 12.0. The van der Waals surface area contributed by atoms with Crippen LogP contribution in [-0.4, -0.2) is 0 Å². The normalized spacial score (nSPS) is 46.7. The minimum absolute atomic E-state index is 0.569. The van der Waals surface area contributed by atoms with Crippen molar-refractivity contribution in [2.24, 2.45) is 40.4 Å². The lowest BCUT2D eigenvalue weighted by atomic mass is 9.47. The largest absolute Gasteiger partial charge is 0.0853 e. The SMILES string of the molecule is CC(CC1=CCCCC1)C1CCC2C3CC=C4CCCCC4(C)C3CCC12C. The standard InChI is InChI=1S/C28H44/c1-20(19-21-9-5-4-6-10-21)24-14-15-25-23-13-12-22-11-7-8-17-27(22,2)26(23)16-18-28(24,25)3/h9,12,20,23-26H,4-8,10-11,13-19H2,1-3H3. The summed E-state index contributed by atoms with van der Waals surface area (Å²) < 4.78 is 0. The van der Waals surface area contributed by atoms with Crippen LogP contribution in [0.3, 0.4) is 0 Å². The Morgan fingerprint density at radius 1 is 0.929 bits per heavy atom. The summed E-state index contributed by atoms with van der Waals surface area (Å²) >= 11 is 0. The van der Waals surface area contributed by atoms with Crippen LogP contribution in [0.1, 0.15) is 111 Å². The molecule has 28 heavy (non-hydrogen) atoms. The maximum absolute atomic E-state index is 2.75. The van der Waals surface area contributed by atoms with Gasteiger partial charge in [0, 0.05) is 0 Å². The Labute approximate surface area is 174 Å². The van der Waals surface area contributed by atoms with Gasteiger partial charge in [-0.05, 0) is 124 Å². The molecular weight excluding hydrogens is 336 g/mol. The number of fused-ring (bicyclic) bond motifs is 5. The third-order valence-electron chi connectivity index (χ3n) is 10.7. The number of rotatable bonds is 3. The van der Waals surface area contributed by atoms with Gasteiger partial charge < -0.3 is 0 Å². The third kappa shape index (κ3) is 2.99. The molecule has 0 saturated heterocycles. The molecule has 0 aromatic rings. The predicted molar refractivity (Wildman–Crippen MR) is 120 cm³/mol. The van der Waals surface area contributed by atoms with Gasteiger partial charge in [-0.1, -0.05) is 50.5 Å². The lowest BCUT2D eigenvalue weighted by molar-refractivity contribution is -0.0493. The van der Waals surface area contributed by atoms with E-state index in [2.05, 4.69) is 32.9 Å². The summed E-state index contributed by atoms with van der Waals surface area (Å²) in [5.74, 6) is 4.88. The summed E-state index contributed by atoms with van der Waals surface area (Å²) in [6, 6.07) is 0. The fraction of sp³-hybridized carbons (Fsp3) is 0.857. The number of allylic oxidation sites excluding steroid dienone is 4. The van der Waals surface area contributed by atoms with Gasteiger partial charge >= 0.3 is 0 Å². The first kappa shape index (κ1) is 19.4. The van der Waals surface area contributed by atoms with Crippen LogP contribution < -0.4 is 0 Å². The third-order valence-corrected chi connectivity index (χ3v) is 10.7. The average Bonchev–Trinajstić information content (AvgIpc) is 3.05. The molecule has 7 unspecified atom stereocenters. The summed E-state index contributed by atoms with van der Waals surface area (Å²) in [7, 11) is 0. The lowest BCUT2D eigenvalue weighted by Crippen LogP contribution is -2.50. The molecule has 5 aliphatic carbocycles. The van der Waals surface area contributed by atoms with Crippen molar-refractivity contribution >= 4 is 0 Å². The van der Waals surface area contributed by atoms with Crippen molar-refractivity contribution in [3.63, 3.8) is 0 Å². The molecule has 7 atom stereocenters. The van der Waals surface area contributed by atoms with Crippen LogP contribution in [0.25, 0.3) is 0 Å². The van der Waals surface area contributed by atoms with Crippen molar-refractivity contribution < 1.29 is 0 Å². The lowest BCUT2D eigenvalue weighted by Gasteiger charge is -2.58. The van der Waals surface area contributed by atoms with Crippen molar-refractivity contribution in [3.05, 3.63) is 23.3 Å². The molecule has 0 nitrogen and oxygen atoms in total. The fourth-order valence-electron chi connectivity index (χ4n) is 9.32. The zero-order valence-corrected chi connectivity index (χ0v) is 18.9. The summed E-state index contributed by atoms with van der Waals surface area (Å²) in [4.78, 5) is 0. The first-order valence-electron chi connectivity index (χ1n) is 12.9. The first-order valence-corrected chi connectivity index (χ1v) is 12.9. The zero-order valence-electron chi connectivity index (χ0n) is 18.9. The summed E-state index contributed by atoms with van der Waals surface area (Å²) in [6.45, 7) is 8.02. The van der Waals surface area contributed by atoms with E-state index in [1.54, 1.807) is 5.57 Å². The Morgan fingerprint density at radius 2 is 1.79 bits per heavy atom. The highest BCUT2D eigenvalue weighted by molar-refractivity contribution is 5.24. The molecule has 0 amide bonds. The van der Waals surface area contributed by atoms with Crippen LogP contribution in [0.4, 0.5) is 0 Å². The highest BCUT2D eigenvalue weighted by Crippen LogP contribution is 2.67. The van der Waals surface area contributed by atoms with E-state index in [9.17, 15) is 0 Å². The Hall–Kier alpha value is -0.520. The Morgan fingerprint density at radius 3 is 2.61 bits per heavy atom. The van der Waals surface area contributed by atoms with Gasteiger partial charge in [-0.3, -0.25) is 0 Å². The maximum atomic E-state index is 2.75. The highest BCUT2D eigenvalue weighted by atomic mass is 14.6. The van der Waals surface area contributed by atoms with Gasteiger partial charge in [-0.25, -0.2) is 0 Å². The van der Waals surface area contributed by atoms with Crippen molar-refractivity contribution in [3.8, 4) is 0 Å². The Balaban J connectivity index is 1.35. The van der Waals surface area contributed by atoms with Gasteiger partial charge in [0.25, 0.3) is 0 Å². The van der Waals surface area contributed by atoms with Gasteiger partial charge in [0.05, 0.1) is 0 Å². The van der Waals surface area contributed by atoms with Crippen molar-refractivity contribution in [1.29, 1.82) is 0 Å². The molecule has 5 rings (SSSR count). The summed E-state index contributed by atoms with van der Waals surface area (Å²) in [5, 5.41) is 0. The van der Waals surface area contributed by atoms with Gasteiger partial charge in [0.2, 0.25) is 0 Å². The van der Waals surface area contributed by atoms with E-state index < -0.39 is 0 Å². The quantitative estimate of drug-likeness (QED) is 0.431. The van der Waals surface area contributed by atoms with E-state index in [0.717, 1.165) is 29.6 Å². The summed E-state index contributed by atoms with van der Waals surface area (Å²) in [6.07, 6.45) is 25.7.